The second-order valence-electron chi connectivity index (χ2n) is 10.8. The number of imidazole rings is 1. The molecule has 0 unspecified atom stereocenters. The second-order valence-corrected chi connectivity index (χ2v) is 10.8. The molecule has 1 amide bonds. The van der Waals surface area contributed by atoms with E-state index in [1.54, 1.807) is 30.5 Å². The fourth-order valence-corrected chi connectivity index (χ4v) is 5.13. The van der Waals surface area contributed by atoms with Gasteiger partial charge in [0.05, 0.1) is 17.3 Å². The number of hydrogen-bond acceptors (Lipinski definition) is 5. The average molecular weight is 580 g/mol. The molecule has 0 bridgehead atoms. The lowest BCUT2D eigenvalue weighted by molar-refractivity contribution is -0.141. The van der Waals surface area contributed by atoms with Crippen LogP contribution in [-0.2, 0) is 6.18 Å². The van der Waals surface area contributed by atoms with E-state index in [4.69, 9.17) is 0 Å². The van der Waals surface area contributed by atoms with Crippen LogP contribution in [-0.4, -0.2) is 41.3 Å². The SMILES string of the molecule is CC[C@@H](CC[C@H](C)c1n[nH]c(=O)c2ccccc12)NC(=O)c1cnc2cc(-c3cn(C(C)C)nc3C(F)(F)F)ccn12. The van der Waals surface area contributed by atoms with Crippen LogP contribution < -0.4 is 10.9 Å². The lowest BCUT2D eigenvalue weighted by Crippen LogP contribution is -2.35. The number of H-pyrrole nitrogens is 1. The van der Waals surface area contributed by atoms with Crippen LogP contribution in [0.5, 0.6) is 0 Å². The van der Waals surface area contributed by atoms with Gasteiger partial charge in [-0.1, -0.05) is 32.0 Å². The summed E-state index contributed by atoms with van der Waals surface area (Å²) in [6.45, 7) is 7.54. The van der Waals surface area contributed by atoms with Crippen molar-refractivity contribution in [2.75, 3.05) is 0 Å². The Kier molecular flexibility index (Phi) is 7.89. The minimum absolute atomic E-state index is 0.0357. The van der Waals surface area contributed by atoms with Crippen molar-refractivity contribution in [1.29, 1.82) is 0 Å². The first-order valence-electron chi connectivity index (χ1n) is 13.9. The van der Waals surface area contributed by atoms with Crippen LogP contribution >= 0.6 is 0 Å². The second kappa shape index (κ2) is 11.4. The number of nitrogens with one attached hydrogen (secondary N) is 2. The van der Waals surface area contributed by atoms with E-state index in [9.17, 15) is 22.8 Å². The number of carbonyl (C=O) groups is 1. The van der Waals surface area contributed by atoms with Crippen molar-refractivity contribution in [2.45, 2.75) is 71.1 Å². The van der Waals surface area contributed by atoms with E-state index in [1.165, 1.54) is 29.2 Å². The molecule has 12 heteroatoms. The molecule has 9 nitrogen and oxygen atoms in total. The Morgan fingerprint density at radius 1 is 1.10 bits per heavy atom. The van der Waals surface area contributed by atoms with E-state index < -0.39 is 11.9 Å². The van der Waals surface area contributed by atoms with Crippen molar-refractivity contribution >= 4 is 22.3 Å². The fourth-order valence-electron chi connectivity index (χ4n) is 5.13. The van der Waals surface area contributed by atoms with Gasteiger partial charge in [0.2, 0.25) is 0 Å². The number of benzene rings is 1. The summed E-state index contributed by atoms with van der Waals surface area (Å²) in [5, 5.41) is 15.1. The van der Waals surface area contributed by atoms with Crippen LogP contribution in [0.25, 0.3) is 27.5 Å². The minimum Gasteiger partial charge on any atom is -0.348 e. The van der Waals surface area contributed by atoms with Gasteiger partial charge in [-0.15, -0.1) is 0 Å². The van der Waals surface area contributed by atoms with Gasteiger partial charge in [-0.2, -0.15) is 23.4 Å². The highest BCUT2D eigenvalue weighted by Crippen LogP contribution is 2.37. The number of pyridine rings is 1. The highest BCUT2D eigenvalue weighted by molar-refractivity contribution is 5.93. The minimum atomic E-state index is -4.62. The van der Waals surface area contributed by atoms with Crippen molar-refractivity contribution in [1.82, 2.24) is 34.7 Å². The molecule has 0 aliphatic carbocycles. The maximum absolute atomic E-state index is 13.7. The first-order chi connectivity index (χ1) is 20.0. The molecule has 5 rings (SSSR count). The summed E-state index contributed by atoms with van der Waals surface area (Å²) in [7, 11) is 0. The zero-order valence-corrected chi connectivity index (χ0v) is 23.7. The summed E-state index contributed by atoms with van der Waals surface area (Å²) in [4.78, 5) is 29.7. The highest BCUT2D eigenvalue weighted by atomic mass is 19.4. The third-order valence-corrected chi connectivity index (χ3v) is 7.55. The largest absolute Gasteiger partial charge is 0.435 e. The summed E-state index contributed by atoms with van der Waals surface area (Å²) in [6.07, 6.45) is 1.84. The van der Waals surface area contributed by atoms with Crippen LogP contribution in [0.1, 0.15) is 80.8 Å². The van der Waals surface area contributed by atoms with E-state index >= 15 is 0 Å². The van der Waals surface area contributed by atoms with Gasteiger partial charge in [-0.05, 0) is 56.9 Å². The molecular weight excluding hydrogens is 547 g/mol. The number of hydrogen-bond donors (Lipinski definition) is 2. The molecule has 220 valence electrons. The number of halogens is 3. The van der Waals surface area contributed by atoms with E-state index in [1.807, 2.05) is 32.0 Å². The number of aromatic nitrogens is 6. The molecule has 0 aliphatic heterocycles. The smallest absolute Gasteiger partial charge is 0.348 e. The van der Waals surface area contributed by atoms with Crippen LogP contribution in [0.3, 0.4) is 0 Å². The number of rotatable bonds is 9. The Labute approximate surface area is 239 Å². The maximum atomic E-state index is 13.7. The standard InChI is InChI=1S/C30H32F3N7O2/c1-5-20(11-10-18(4)26-21-8-6-7-9-22(21)28(41)37-36-26)35-29(42)24-15-34-25-14-19(12-13-39(24)25)23-16-40(17(2)3)38-27(23)30(31,32)33/h6-9,12-18,20H,5,10-11H2,1-4H3,(H,35,42)(H,37,41)/t18-,20-/m0/s1. The van der Waals surface area contributed by atoms with Crippen molar-refractivity contribution in [3.8, 4) is 11.1 Å². The maximum Gasteiger partial charge on any atom is 0.435 e. The first-order valence-corrected chi connectivity index (χ1v) is 13.9. The molecule has 2 atom stereocenters. The van der Waals surface area contributed by atoms with E-state index in [0.29, 0.717) is 29.4 Å². The molecule has 2 N–H and O–H groups in total. The first kappa shape index (κ1) is 29.0. The van der Waals surface area contributed by atoms with Gasteiger partial charge >= 0.3 is 6.18 Å². The topological polar surface area (TPSA) is 110 Å². The van der Waals surface area contributed by atoms with Crippen LogP contribution in [0.4, 0.5) is 13.2 Å². The summed E-state index contributed by atoms with van der Waals surface area (Å²) in [6, 6.07) is 10.0. The lowest BCUT2D eigenvalue weighted by Gasteiger charge is -2.19. The third kappa shape index (κ3) is 5.65. The Hall–Kier alpha value is -4.48. The molecular formula is C30H32F3N7O2. The van der Waals surface area contributed by atoms with E-state index in [2.05, 4.69) is 25.6 Å². The van der Waals surface area contributed by atoms with Gasteiger partial charge in [0.25, 0.3) is 11.5 Å². The molecule has 42 heavy (non-hydrogen) atoms. The third-order valence-electron chi connectivity index (χ3n) is 7.55. The number of aromatic amines is 1. The predicted octanol–water partition coefficient (Wildman–Crippen LogP) is 6.13. The summed E-state index contributed by atoms with van der Waals surface area (Å²) in [5.74, 6) is -0.292. The Balaban J connectivity index is 1.32. The molecule has 4 heterocycles. The van der Waals surface area contributed by atoms with Gasteiger partial charge < -0.3 is 5.32 Å². The summed E-state index contributed by atoms with van der Waals surface area (Å²) < 4.78 is 44.0. The van der Waals surface area contributed by atoms with Crippen molar-refractivity contribution in [2.24, 2.45) is 0 Å². The number of fused-ring (bicyclic) bond motifs is 2. The van der Waals surface area contributed by atoms with Gasteiger partial charge in [0.15, 0.2) is 5.69 Å². The lowest BCUT2D eigenvalue weighted by atomic mass is 9.94. The van der Waals surface area contributed by atoms with Gasteiger partial charge in [0, 0.05) is 41.3 Å². The van der Waals surface area contributed by atoms with Crippen LogP contribution in [0.15, 0.2) is 59.8 Å². The predicted molar refractivity (Wildman–Crippen MR) is 153 cm³/mol. The van der Waals surface area contributed by atoms with Gasteiger partial charge in [-0.3, -0.25) is 18.7 Å². The summed E-state index contributed by atoms with van der Waals surface area (Å²) >= 11 is 0. The number of amides is 1. The Morgan fingerprint density at radius 3 is 2.52 bits per heavy atom. The van der Waals surface area contributed by atoms with E-state index in [0.717, 1.165) is 17.5 Å². The average Bonchev–Trinajstić information content (AvgIpc) is 3.60. The molecule has 0 radical (unpaired) electrons. The zero-order chi connectivity index (χ0) is 30.2. The fraction of sp³-hybridized carbons (Fsp3) is 0.367. The number of carbonyl (C=O) groups excluding carboxylic acids is 1. The molecule has 1 aromatic carbocycles. The molecule has 0 fully saturated rings. The van der Waals surface area contributed by atoms with E-state index in [-0.39, 0.29) is 40.7 Å². The molecule has 0 aliphatic rings. The van der Waals surface area contributed by atoms with Crippen molar-refractivity contribution in [3.05, 3.63) is 82.4 Å². The normalized spacial score (nSPS) is 13.6. The number of alkyl halides is 3. The van der Waals surface area contributed by atoms with Crippen molar-refractivity contribution < 1.29 is 18.0 Å². The summed E-state index contributed by atoms with van der Waals surface area (Å²) in [5.41, 5.74) is 0.505. The highest BCUT2D eigenvalue weighted by Gasteiger charge is 2.38. The monoisotopic (exact) mass is 579 g/mol. The Morgan fingerprint density at radius 2 is 1.83 bits per heavy atom. The molecule has 4 aromatic heterocycles. The molecule has 0 saturated carbocycles. The van der Waals surface area contributed by atoms with Gasteiger partial charge in [-0.25, -0.2) is 10.1 Å². The molecule has 0 spiro atoms. The van der Waals surface area contributed by atoms with Crippen LogP contribution in [0, 0.1) is 0 Å². The zero-order valence-electron chi connectivity index (χ0n) is 23.7. The van der Waals surface area contributed by atoms with Gasteiger partial charge in [0.1, 0.15) is 11.3 Å². The quantitative estimate of drug-likeness (QED) is 0.218. The molecule has 5 aromatic rings. The Bertz CT molecular complexity index is 1800. The number of nitrogens with zero attached hydrogens (tertiary/aromatic N) is 5. The molecule has 0 saturated heterocycles. The van der Waals surface area contributed by atoms with Crippen molar-refractivity contribution in [3.63, 3.8) is 0 Å². The van der Waals surface area contributed by atoms with Crippen LogP contribution in [0.2, 0.25) is 0 Å².